The SMILES string of the molecule is c1ccc(-c2nc3ccc4ccc5ccc(-c6cc(N(c7ccccc7)c7ccccc7)cc7sc8ccccc8c67)cc5c4c3nc2-c2ccccc2)cc1. The smallest absolute Gasteiger partial charge is 0.0979 e. The molecule has 11 rings (SSSR count). The fraction of sp³-hybridized carbons (Fsp3) is 0. The molecular weight excluding hydrogens is 699 g/mol. The molecule has 0 aliphatic heterocycles. The normalized spacial score (nSPS) is 11.6. The Kier molecular flexibility index (Phi) is 7.68. The molecule has 0 aliphatic rings. The fourth-order valence-corrected chi connectivity index (χ4v) is 9.38. The number of thiophene rings is 1. The minimum absolute atomic E-state index is 0.878. The Morgan fingerprint density at radius 1 is 0.375 bits per heavy atom. The molecule has 0 amide bonds. The Bertz CT molecular complexity index is 3190. The Morgan fingerprint density at radius 3 is 1.64 bits per heavy atom. The zero-order chi connectivity index (χ0) is 37.0. The molecule has 3 nitrogen and oxygen atoms in total. The molecule has 0 fully saturated rings. The van der Waals surface area contributed by atoms with Crippen LogP contribution in [0.4, 0.5) is 17.1 Å². The number of fused-ring (bicyclic) bond motifs is 8. The van der Waals surface area contributed by atoms with Crippen LogP contribution >= 0.6 is 11.3 Å². The number of nitrogens with zero attached hydrogens (tertiary/aromatic N) is 3. The first-order valence-corrected chi connectivity index (χ1v) is 19.7. The van der Waals surface area contributed by atoms with Gasteiger partial charge in [0.05, 0.1) is 22.4 Å². The lowest BCUT2D eigenvalue weighted by Crippen LogP contribution is -2.09. The van der Waals surface area contributed by atoms with Gasteiger partial charge in [-0.2, -0.15) is 0 Å². The topological polar surface area (TPSA) is 29.0 Å². The quantitative estimate of drug-likeness (QED) is 0.159. The Labute approximate surface area is 328 Å². The molecule has 0 bridgehead atoms. The summed E-state index contributed by atoms with van der Waals surface area (Å²) in [4.78, 5) is 13.2. The molecule has 4 heteroatoms. The highest BCUT2D eigenvalue weighted by Crippen LogP contribution is 2.46. The maximum Gasteiger partial charge on any atom is 0.0979 e. The summed E-state index contributed by atoms with van der Waals surface area (Å²) in [5.41, 5.74) is 11.4. The van der Waals surface area contributed by atoms with Gasteiger partial charge in [0.1, 0.15) is 0 Å². The molecule has 0 radical (unpaired) electrons. The van der Waals surface area contributed by atoms with Gasteiger partial charge in [-0.1, -0.05) is 146 Å². The van der Waals surface area contributed by atoms with Crippen molar-refractivity contribution in [1.82, 2.24) is 9.97 Å². The van der Waals surface area contributed by atoms with Crippen molar-refractivity contribution in [3.8, 4) is 33.6 Å². The summed E-state index contributed by atoms with van der Waals surface area (Å²) in [7, 11) is 0. The van der Waals surface area contributed by atoms with E-state index in [9.17, 15) is 0 Å². The van der Waals surface area contributed by atoms with E-state index < -0.39 is 0 Å². The minimum Gasteiger partial charge on any atom is -0.310 e. The number of benzene rings is 9. The molecule has 2 aromatic heterocycles. The summed E-state index contributed by atoms with van der Waals surface area (Å²) < 4.78 is 2.54. The second kappa shape index (κ2) is 13.3. The highest BCUT2D eigenvalue weighted by Gasteiger charge is 2.20. The van der Waals surface area contributed by atoms with Crippen molar-refractivity contribution in [3.63, 3.8) is 0 Å². The summed E-state index contributed by atoms with van der Waals surface area (Å²) in [6.45, 7) is 0. The third-order valence-electron chi connectivity index (χ3n) is 10.8. The van der Waals surface area contributed by atoms with Gasteiger partial charge in [-0.05, 0) is 81.9 Å². The van der Waals surface area contributed by atoms with Crippen LogP contribution in [0.25, 0.3) is 86.4 Å². The number of rotatable bonds is 6. The van der Waals surface area contributed by atoms with Crippen LogP contribution in [-0.2, 0) is 0 Å². The van der Waals surface area contributed by atoms with Crippen LogP contribution in [0.5, 0.6) is 0 Å². The van der Waals surface area contributed by atoms with Gasteiger partial charge < -0.3 is 4.90 Å². The van der Waals surface area contributed by atoms with Crippen LogP contribution < -0.4 is 4.90 Å². The van der Waals surface area contributed by atoms with Gasteiger partial charge in [0.15, 0.2) is 0 Å². The molecule has 262 valence electrons. The van der Waals surface area contributed by atoms with Gasteiger partial charge >= 0.3 is 0 Å². The number of aromatic nitrogens is 2. The Morgan fingerprint density at radius 2 is 0.946 bits per heavy atom. The second-order valence-corrected chi connectivity index (χ2v) is 15.2. The standard InChI is InChI=1S/C52H33N3S/c1-5-15-36(16-6-1)50-51(37-17-7-2-8-18-37)54-52-45(53-50)30-29-35-27-25-34-26-28-38(31-43(34)48(35)52)44-32-41(33-47-49(44)42-23-13-14-24-46(42)56-47)55(39-19-9-3-10-20-39)40-21-11-4-12-22-40/h1-33H. The molecule has 0 atom stereocenters. The first-order chi connectivity index (χ1) is 27.8. The van der Waals surface area contributed by atoms with E-state index in [0.717, 1.165) is 72.3 Å². The van der Waals surface area contributed by atoms with Crippen LogP contribution in [0.3, 0.4) is 0 Å². The van der Waals surface area contributed by atoms with Crippen molar-refractivity contribution < 1.29 is 0 Å². The number of hydrogen-bond acceptors (Lipinski definition) is 4. The Hall–Kier alpha value is -7.14. The van der Waals surface area contributed by atoms with Crippen molar-refractivity contribution >= 4 is 81.1 Å². The van der Waals surface area contributed by atoms with Crippen molar-refractivity contribution in [1.29, 1.82) is 0 Å². The summed E-state index contributed by atoms with van der Waals surface area (Å²) in [6.07, 6.45) is 0. The lowest BCUT2D eigenvalue weighted by Gasteiger charge is -2.26. The first-order valence-electron chi connectivity index (χ1n) is 18.9. The molecule has 0 saturated heterocycles. The van der Waals surface area contributed by atoms with Crippen LogP contribution in [0, 0.1) is 0 Å². The van der Waals surface area contributed by atoms with Gasteiger partial charge in [0, 0.05) is 53.7 Å². The molecule has 2 heterocycles. The fourth-order valence-electron chi connectivity index (χ4n) is 8.22. The van der Waals surface area contributed by atoms with Gasteiger partial charge in [0.25, 0.3) is 0 Å². The van der Waals surface area contributed by atoms with E-state index in [1.165, 1.54) is 31.1 Å². The third-order valence-corrected chi connectivity index (χ3v) is 11.9. The van der Waals surface area contributed by atoms with E-state index in [1.807, 2.05) is 23.5 Å². The summed E-state index contributed by atoms with van der Waals surface area (Å²) in [5, 5.41) is 7.13. The van der Waals surface area contributed by atoms with Gasteiger partial charge in [-0.3, -0.25) is 0 Å². The van der Waals surface area contributed by atoms with E-state index in [4.69, 9.17) is 9.97 Å². The monoisotopic (exact) mass is 731 g/mol. The molecule has 11 aromatic rings. The molecule has 0 aliphatic carbocycles. The maximum atomic E-state index is 5.52. The van der Waals surface area contributed by atoms with Gasteiger partial charge in [-0.15, -0.1) is 11.3 Å². The molecule has 9 aromatic carbocycles. The lowest BCUT2D eigenvalue weighted by atomic mass is 9.93. The second-order valence-electron chi connectivity index (χ2n) is 14.2. The molecule has 56 heavy (non-hydrogen) atoms. The number of anilines is 3. The van der Waals surface area contributed by atoms with Crippen LogP contribution in [0.1, 0.15) is 0 Å². The number of hydrogen-bond donors (Lipinski definition) is 0. The molecular formula is C52H33N3S. The number of para-hydroxylation sites is 2. The van der Waals surface area contributed by atoms with Crippen molar-refractivity contribution in [2.24, 2.45) is 0 Å². The highest BCUT2D eigenvalue weighted by atomic mass is 32.1. The first kappa shape index (κ1) is 32.3. The average molecular weight is 732 g/mol. The van der Waals surface area contributed by atoms with Crippen molar-refractivity contribution in [2.75, 3.05) is 4.90 Å². The van der Waals surface area contributed by atoms with Crippen LogP contribution in [-0.4, -0.2) is 9.97 Å². The van der Waals surface area contributed by atoms with E-state index in [0.29, 0.717) is 0 Å². The van der Waals surface area contributed by atoms with Crippen LogP contribution in [0.15, 0.2) is 200 Å². The van der Waals surface area contributed by atoms with Crippen molar-refractivity contribution in [2.45, 2.75) is 0 Å². The predicted octanol–water partition coefficient (Wildman–Crippen LogP) is 14.8. The molecule has 0 N–H and O–H groups in total. The van der Waals surface area contributed by atoms with E-state index in [-0.39, 0.29) is 0 Å². The van der Waals surface area contributed by atoms with Gasteiger partial charge in [-0.25, -0.2) is 9.97 Å². The van der Waals surface area contributed by atoms with E-state index >= 15 is 0 Å². The summed E-state index contributed by atoms with van der Waals surface area (Å²) >= 11 is 1.85. The van der Waals surface area contributed by atoms with E-state index in [2.05, 4.69) is 193 Å². The van der Waals surface area contributed by atoms with Crippen LogP contribution in [0.2, 0.25) is 0 Å². The zero-order valence-corrected chi connectivity index (χ0v) is 31.1. The predicted molar refractivity (Wildman–Crippen MR) is 238 cm³/mol. The third kappa shape index (κ3) is 5.42. The largest absolute Gasteiger partial charge is 0.310 e. The van der Waals surface area contributed by atoms with Gasteiger partial charge in [0.2, 0.25) is 0 Å². The molecule has 0 unspecified atom stereocenters. The molecule has 0 saturated carbocycles. The zero-order valence-electron chi connectivity index (χ0n) is 30.3. The summed E-state index contributed by atoms with van der Waals surface area (Å²) in [5.74, 6) is 0. The van der Waals surface area contributed by atoms with E-state index in [1.54, 1.807) is 0 Å². The lowest BCUT2D eigenvalue weighted by molar-refractivity contribution is 1.29. The minimum atomic E-state index is 0.878. The van der Waals surface area contributed by atoms with Crippen molar-refractivity contribution in [3.05, 3.63) is 200 Å². The highest BCUT2D eigenvalue weighted by molar-refractivity contribution is 7.26. The Balaban J connectivity index is 1.20. The summed E-state index contributed by atoms with van der Waals surface area (Å²) in [6, 6.07) is 71.4. The maximum absolute atomic E-state index is 5.52. The average Bonchev–Trinajstić information content (AvgIpc) is 3.65. The molecule has 0 spiro atoms.